The minimum Gasteiger partial charge on any atom is -0.497 e. The Morgan fingerprint density at radius 3 is 2.47 bits per heavy atom. The zero-order valence-electron chi connectivity index (χ0n) is 10.2. The number of halogens is 2. The maximum absolute atomic E-state index is 13.8. The van der Waals surface area contributed by atoms with Crippen LogP contribution in [0.5, 0.6) is 5.75 Å². The van der Waals surface area contributed by atoms with Crippen LogP contribution in [0.2, 0.25) is 0 Å². The molecule has 0 aromatic heterocycles. The Kier molecular flexibility index (Phi) is 3.66. The standard InChI is InChI=1S/C14H13F2NO2/c1-19-9-3-4-10(12(16)7-9)14(18)11-6-8(15)2-5-13(11)17/h2-7,14,18H,17H2,1H3. The molecule has 3 N–H and O–H groups in total. The van der Waals surface area contributed by atoms with Gasteiger partial charge >= 0.3 is 0 Å². The van der Waals surface area contributed by atoms with E-state index in [4.69, 9.17) is 10.5 Å². The second kappa shape index (κ2) is 5.24. The Balaban J connectivity index is 2.43. The van der Waals surface area contributed by atoms with Crippen molar-refractivity contribution >= 4 is 5.69 Å². The predicted octanol–water partition coefficient (Wildman–Crippen LogP) is 2.64. The van der Waals surface area contributed by atoms with Gasteiger partial charge in [-0.2, -0.15) is 0 Å². The SMILES string of the molecule is COc1ccc(C(O)c2cc(F)ccc2N)c(F)c1. The van der Waals surface area contributed by atoms with Crippen molar-refractivity contribution < 1.29 is 18.6 Å². The third-order valence-corrected chi connectivity index (χ3v) is 2.85. The molecule has 2 aromatic rings. The summed E-state index contributed by atoms with van der Waals surface area (Å²) >= 11 is 0. The fourth-order valence-corrected chi connectivity index (χ4v) is 1.81. The molecule has 0 aliphatic heterocycles. The Labute approximate surface area is 109 Å². The molecule has 0 heterocycles. The van der Waals surface area contributed by atoms with Crippen molar-refractivity contribution in [1.29, 1.82) is 0 Å². The summed E-state index contributed by atoms with van der Waals surface area (Å²) in [6.45, 7) is 0. The van der Waals surface area contributed by atoms with E-state index < -0.39 is 17.7 Å². The molecule has 0 saturated carbocycles. The van der Waals surface area contributed by atoms with Gasteiger partial charge in [0.1, 0.15) is 23.5 Å². The molecule has 0 amide bonds. The number of hydrogen-bond donors (Lipinski definition) is 2. The first-order valence-corrected chi connectivity index (χ1v) is 5.59. The van der Waals surface area contributed by atoms with E-state index in [2.05, 4.69) is 0 Å². The summed E-state index contributed by atoms with van der Waals surface area (Å²) in [5.74, 6) is -0.853. The molecule has 0 aliphatic carbocycles. The van der Waals surface area contributed by atoms with E-state index in [1.54, 1.807) is 0 Å². The van der Waals surface area contributed by atoms with E-state index in [9.17, 15) is 13.9 Å². The minimum absolute atomic E-state index is 0.0121. The summed E-state index contributed by atoms with van der Waals surface area (Å²) in [6.07, 6.45) is -1.33. The van der Waals surface area contributed by atoms with Gasteiger partial charge in [-0.15, -0.1) is 0 Å². The van der Waals surface area contributed by atoms with Gasteiger partial charge in [0, 0.05) is 22.9 Å². The highest BCUT2D eigenvalue weighted by molar-refractivity contribution is 5.51. The second-order valence-corrected chi connectivity index (χ2v) is 4.06. The normalized spacial score (nSPS) is 12.2. The van der Waals surface area contributed by atoms with Crippen molar-refractivity contribution in [2.45, 2.75) is 6.10 Å². The molecule has 3 nitrogen and oxygen atoms in total. The van der Waals surface area contributed by atoms with E-state index in [1.807, 2.05) is 0 Å². The lowest BCUT2D eigenvalue weighted by Crippen LogP contribution is -2.06. The van der Waals surface area contributed by atoms with Gasteiger partial charge in [0.2, 0.25) is 0 Å². The van der Waals surface area contributed by atoms with Crippen LogP contribution >= 0.6 is 0 Å². The van der Waals surface area contributed by atoms with Crippen LogP contribution in [0.1, 0.15) is 17.2 Å². The van der Waals surface area contributed by atoms with Crippen molar-refractivity contribution in [1.82, 2.24) is 0 Å². The quantitative estimate of drug-likeness (QED) is 0.839. The number of nitrogens with two attached hydrogens (primary N) is 1. The highest BCUT2D eigenvalue weighted by atomic mass is 19.1. The summed E-state index contributed by atoms with van der Waals surface area (Å²) < 4.78 is 31.9. The highest BCUT2D eigenvalue weighted by Gasteiger charge is 2.18. The molecule has 0 saturated heterocycles. The smallest absolute Gasteiger partial charge is 0.133 e. The van der Waals surface area contributed by atoms with Gasteiger partial charge in [0.15, 0.2) is 0 Å². The monoisotopic (exact) mass is 265 g/mol. The van der Waals surface area contributed by atoms with E-state index in [0.29, 0.717) is 5.75 Å². The van der Waals surface area contributed by atoms with Crippen LogP contribution in [-0.4, -0.2) is 12.2 Å². The molecule has 1 atom stereocenters. The fourth-order valence-electron chi connectivity index (χ4n) is 1.81. The second-order valence-electron chi connectivity index (χ2n) is 4.06. The highest BCUT2D eigenvalue weighted by Crippen LogP contribution is 2.30. The molecular weight excluding hydrogens is 252 g/mol. The average molecular weight is 265 g/mol. The fraction of sp³-hybridized carbons (Fsp3) is 0.143. The number of rotatable bonds is 3. The molecule has 2 aromatic carbocycles. The maximum atomic E-state index is 13.8. The van der Waals surface area contributed by atoms with Gasteiger partial charge in [0.25, 0.3) is 0 Å². The molecule has 5 heteroatoms. The summed E-state index contributed by atoms with van der Waals surface area (Å²) in [5.41, 5.74) is 6.00. The van der Waals surface area contributed by atoms with Crippen molar-refractivity contribution in [3.8, 4) is 5.75 Å². The van der Waals surface area contributed by atoms with Crippen molar-refractivity contribution in [2.75, 3.05) is 12.8 Å². The molecule has 0 radical (unpaired) electrons. The van der Waals surface area contributed by atoms with Crippen LogP contribution in [0.3, 0.4) is 0 Å². The average Bonchev–Trinajstić information content (AvgIpc) is 2.40. The van der Waals surface area contributed by atoms with E-state index in [1.165, 1.54) is 31.4 Å². The van der Waals surface area contributed by atoms with Gasteiger partial charge in [0.05, 0.1) is 7.11 Å². The Morgan fingerprint density at radius 1 is 1.11 bits per heavy atom. The van der Waals surface area contributed by atoms with Crippen LogP contribution in [0.25, 0.3) is 0 Å². The molecule has 0 spiro atoms. The minimum atomic E-state index is -1.33. The van der Waals surface area contributed by atoms with Crippen LogP contribution in [-0.2, 0) is 0 Å². The number of aliphatic hydroxyl groups excluding tert-OH is 1. The van der Waals surface area contributed by atoms with Gasteiger partial charge in [-0.3, -0.25) is 0 Å². The van der Waals surface area contributed by atoms with Gasteiger partial charge in [-0.25, -0.2) is 8.78 Å². The number of ether oxygens (including phenoxy) is 1. The third kappa shape index (κ3) is 2.66. The predicted molar refractivity (Wildman–Crippen MR) is 67.8 cm³/mol. The van der Waals surface area contributed by atoms with Crippen LogP contribution in [0.4, 0.5) is 14.5 Å². The van der Waals surface area contributed by atoms with Crippen LogP contribution < -0.4 is 10.5 Å². The molecule has 19 heavy (non-hydrogen) atoms. The van der Waals surface area contributed by atoms with Gasteiger partial charge in [-0.05, 0) is 30.3 Å². The molecule has 1 unspecified atom stereocenters. The Hall–Kier alpha value is -2.14. The Bertz CT molecular complexity index is 602. The summed E-state index contributed by atoms with van der Waals surface area (Å²) in [4.78, 5) is 0. The van der Waals surface area contributed by atoms with Crippen LogP contribution in [0.15, 0.2) is 36.4 Å². The van der Waals surface area contributed by atoms with Crippen molar-refractivity contribution in [3.63, 3.8) is 0 Å². The first-order valence-electron chi connectivity index (χ1n) is 5.59. The lowest BCUT2D eigenvalue weighted by Gasteiger charge is -2.15. The summed E-state index contributed by atoms with van der Waals surface area (Å²) in [5, 5.41) is 10.1. The van der Waals surface area contributed by atoms with Crippen molar-refractivity contribution in [2.24, 2.45) is 0 Å². The maximum Gasteiger partial charge on any atom is 0.133 e. The molecular formula is C14H13F2NO2. The first kappa shape index (κ1) is 13.3. The number of hydrogen-bond acceptors (Lipinski definition) is 3. The number of methoxy groups -OCH3 is 1. The van der Waals surface area contributed by atoms with Crippen molar-refractivity contribution in [3.05, 3.63) is 59.2 Å². The topological polar surface area (TPSA) is 55.5 Å². The Morgan fingerprint density at radius 2 is 1.84 bits per heavy atom. The zero-order valence-corrected chi connectivity index (χ0v) is 10.2. The first-order chi connectivity index (χ1) is 9.02. The molecule has 0 bridgehead atoms. The van der Waals surface area contributed by atoms with Gasteiger partial charge in [-0.1, -0.05) is 0 Å². The third-order valence-electron chi connectivity index (χ3n) is 2.85. The largest absolute Gasteiger partial charge is 0.497 e. The molecule has 100 valence electrons. The summed E-state index contributed by atoms with van der Waals surface area (Å²) in [7, 11) is 1.41. The lowest BCUT2D eigenvalue weighted by atomic mass is 9.99. The number of anilines is 1. The molecule has 2 rings (SSSR count). The van der Waals surface area contributed by atoms with Gasteiger partial charge < -0.3 is 15.6 Å². The van der Waals surface area contributed by atoms with E-state index in [-0.39, 0.29) is 16.8 Å². The van der Waals surface area contributed by atoms with E-state index >= 15 is 0 Å². The number of nitrogen functional groups attached to an aromatic ring is 1. The lowest BCUT2D eigenvalue weighted by molar-refractivity contribution is 0.215. The van der Waals surface area contributed by atoms with E-state index in [0.717, 1.165) is 12.1 Å². The molecule has 0 aliphatic rings. The number of aliphatic hydroxyl groups is 1. The van der Waals surface area contributed by atoms with Crippen LogP contribution in [0, 0.1) is 11.6 Å². The zero-order chi connectivity index (χ0) is 14.0. The summed E-state index contributed by atoms with van der Waals surface area (Å²) in [6, 6.07) is 7.63. The number of benzene rings is 2. The molecule has 0 fully saturated rings.